The molecule has 1 aromatic carbocycles. The summed E-state index contributed by atoms with van der Waals surface area (Å²) >= 11 is 1.63. The lowest BCUT2D eigenvalue weighted by atomic mass is 9.89. The van der Waals surface area contributed by atoms with Crippen LogP contribution in [0, 0.1) is 5.92 Å². The highest BCUT2D eigenvalue weighted by molar-refractivity contribution is 7.18. The smallest absolute Gasteiger partial charge is 0.263 e. The van der Waals surface area contributed by atoms with Crippen LogP contribution in [-0.4, -0.2) is 48.7 Å². The molecule has 1 N–H and O–H groups in total. The van der Waals surface area contributed by atoms with E-state index in [-0.39, 0.29) is 18.0 Å². The number of ether oxygens (including phenoxy) is 2. The highest BCUT2D eigenvalue weighted by Crippen LogP contribution is 2.36. The van der Waals surface area contributed by atoms with Gasteiger partial charge in [-0.05, 0) is 57.0 Å². The maximum Gasteiger partial charge on any atom is 0.263 e. The molecule has 2 aromatic heterocycles. The Kier molecular flexibility index (Phi) is 6.71. The summed E-state index contributed by atoms with van der Waals surface area (Å²) in [6.07, 6.45) is 2.93. The summed E-state index contributed by atoms with van der Waals surface area (Å²) in [5.74, 6) is 1.98. The van der Waals surface area contributed by atoms with Crippen LogP contribution in [-0.2, 0) is 30.7 Å². The first kappa shape index (κ1) is 23.3. The number of methoxy groups -OCH3 is 2. The summed E-state index contributed by atoms with van der Waals surface area (Å²) in [6.45, 7) is 2.58. The van der Waals surface area contributed by atoms with Crippen molar-refractivity contribution in [1.29, 1.82) is 0 Å². The molecule has 0 bridgehead atoms. The SMILES string of the molecule is COc1ccc(NC(=O)Cn2c(CN(C)C)nc3sc4c(c3c2=O)CCC(C)C4)c(OC)c1. The topological polar surface area (TPSA) is 85.7 Å². The van der Waals surface area contributed by atoms with Crippen LogP contribution in [0.4, 0.5) is 5.69 Å². The van der Waals surface area contributed by atoms with E-state index in [1.165, 1.54) is 16.6 Å². The molecule has 0 radical (unpaired) electrons. The second kappa shape index (κ2) is 9.52. The van der Waals surface area contributed by atoms with E-state index < -0.39 is 0 Å². The Morgan fingerprint density at radius 3 is 2.79 bits per heavy atom. The molecule has 3 aromatic rings. The summed E-state index contributed by atoms with van der Waals surface area (Å²) in [5.41, 5.74) is 1.50. The van der Waals surface area contributed by atoms with Gasteiger partial charge in [0.2, 0.25) is 5.91 Å². The number of fused-ring (bicyclic) bond motifs is 3. The number of carbonyl (C=O) groups is 1. The van der Waals surface area contributed by atoms with Crippen molar-refractivity contribution >= 4 is 33.1 Å². The molecule has 8 nitrogen and oxygen atoms in total. The van der Waals surface area contributed by atoms with Crippen LogP contribution in [0.2, 0.25) is 0 Å². The van der Waals surface area contributed by atoms with Crippen molar-refractivity contribution in [3.63, 3.8) is 0 Å². The Labute approximate surface area is 197 Å². The monoisotopic (exact) mass is 470 g/mol. The van der Waals surface area contributed by atoms with Gasteiger partial charge >= 0.3 is 0 Å². The van der Waals surface area contributed by atoms with Crippen molar-refractivity contribution < 1.29 is 14.3 Å². The number of hydrogen-bond acceptors (Lipinski definition) is 7. The molecule has 2 heterocycles. The van der Waals surface area contributed by atoms with E-state index in [9.17, 15) is 9.59 Å². The van der Waals surface area contributed by atoms with Crippen LogP contribution in [0.15, 0.2) is 23.0 Å². The van der Waals surface area contributed by atoms with Crippen LogP contribution in [0.3, 0.4) is 0 Å². The molecule has 1 aliphatic rings. The fourth-order valence-electron chi connectivity index (χ4n) is 4.27. The third kappa shape index (κ3) is 4.74. The lowest BCUT2D eigenvalue weighted by Gasteiger charge is -2.18. The molecule has 1 atom stereocenters. The number of aromatic nitrogens is 2. The zero-order valence-electron chi connectivity index (χ0n) is 19.7. The van der Waals surface area contributed by atoms with Crippen molar-refractivity contribution in [3.8, 4) is 11.5 Å². The van der Waals surface area contributed by atoms with Gasteiger partial charge in [0.05, 0.1) is 31.8 Å². The molecule has 0 fully saturated rings. The molecule has 1 amide bonds. The summed E-state index contributed by atoms with van der Waals surface area (Å²) < 4.78 is 12.1. The van der Waals surface area contributed by atoms with Crippen LogP contribution >= 0.6 is 11.3 Å². The van der Waals surface area contributed by atoms with E-state index in [4.69, 9.17) is 14.5 Å². The van der Waals surface area contributed by atoms with E-state index in [2.05, 4.69) is 12.2 Å². The van der Waals surface area contributed by atoms with Crippen LogP contribution in [0.5, 0.6) is 11.5 Å². The van der Waals surface area contributed by atoms with Gasteiger partial charge in [0.1, 0.15) is 28.7 Å². The minimum Gasteiger partial charge on any atom is -0.497 e. The Hall–Kier alpha value is -2.91. The van der Waals surface area contributed by atoms with Gasteiger partial charge in [-0.25, -0.2) is 4.98 Å². The summed E-state index contributed by atoms with van der Waals surface area (Å²) in [6, 6.07) is 5.16. The number of thiophene rings is 1. The van der Waals surface area contributed by atoms with Crippen molar-refractivity contribution in [2.45, 2.75) is 39.3 Å². The Morgan fingerprint density at radius 2 is 2.09 bits per heavy atom. The van der Waals surface area contributed by atoms with Gasteiger partial charge in [-0.15, -0.1) is 11.3 Å². The molecule has 176 valence electrons. The minimum atomic E-state index is -0.320. The third-order valence-corrected chi connectivity index (χ3v) is 7.08. The van der Waals surface area contributed by atoms with E-state index in [0.29, 0.717) is 40.9 Å². The number of hydrogen-bond donors (Lipinski definition) is 1. The number of carbonyl (C=O) groups excluding carboxylic acids is 1. The molecule has 4 rings (SSSR count). The highest BCUT2D eigenvalue weighted by Gasteiger charge is 2.25. The van der Waals surface area contributed by atoms with Crippen molar-refractivity contribution in [2.75, 3.05) is 33.6 Å². The first-order valence-corrected chi connectivity index (χ1v) is 11.8. The fraction of sp³-hybridized carbons (Fsp3) is 0.458. The zero-order chi connectivity index (χ0) is 23.7. The third-order valence-electron chi connectivity index (χ3n) is 5.94. The lowest BCUT2D eigenvalue weighted by molar-refractivity contribution is -0.116. The van der Waals surface area contributed by atoms with Gasteiger partial charge in [0, 0.05) is 10.9 Å². The number of nitrogens with one attached hydrogen (secondary N) is 1. The van der Waals surface area contributed by atoms with Gasteiger partial charge in [0.15, 0.2) is 0 Å². The molecule has 1 aliphatic carbocycles. The number of nitrogens with zero attached hydrogens (tertiary/aromatic N) is 3. The van der Waals surface area contributed by atoms with Gasteiger partial charge in [-0.3, -0.25) is 14.2 Å². The summed E-state index contributed by atoms with van der Waals surface area (Å²) in [5, 5.41) is 3.54. The van der Waals surface area contributed by atoms with Crippen LogP contribution < -0.4 is 20.3 Å². The molecular weight excluding hydrogens is 440 g/mol. The van der Waals surface area contributed by atoms with Crippen molar-refractivity contribution in [2.24, 2.45) is 5.92 Å². The number of amides is 1. The Bertz CT molecular complexity index is 1250. The first-order valence-electron chi connectivity index (χ1n) is 11.0. The molecule has 0 spiro atoms. The number of anilines is 1. The predicted molar refractivity (Wildman–Crippen MR) is 131 cm³/mol. The lowest BCUT2D eigenvalue weighted by Crippen LogP contribution is -2.33. The van der Waals surface area contributed by atoms with Gasteiger partial charge in [-0.1, -0.05) is 6.92 Å². The predicted octanol–water partition coefficient (Wildman–Crippen LogP) is 3.30. The Balaban J connectivity index is 1.71. The number of aryl methyl sites for hydroxylation is 1. The highest BCUT2D eigenvalue weighted by atomic mass is 32.1. The maximum atomic E-state index is 13.6. The maximum absolute atomic E-state index is 13.6. The quantitative estimate of drug-likeness (QED) is 0.570. The van der Waals surface area contributed by atoms with Gasteiger partial charge < -0.3 is 19.7 Å². The molecule has 33 heavy (non-hydrogen) atoms. The number of benzene rings is 1. The van der Waals surface area contributed by atoms with E-state index in [1.54, 1.807) is 36.6 Å². The summed E-state index contributed by atoms with van der Waals surface area (Å²) in [7, 11) is 6.94. The fourth-order valence-corrected chi connectivity index (χ4v) is 5.66. The van der Waals surface area contributed by atoms with E-state index in [0.717, 1.165) is 29.7 Å². The zero-order valence-corrected chi connectivity index (χ0v) is 20.5. The minimum absolute atomic E-state index is 0.124. The second-order valence-corrected chi connectivity index (χ2v) is 9.89. The van der Waals surface area contributed by atoms with E-state index in [1.807, 2.05) is 19.0 Å². The average molecular weight is 471 g/mol. The first-order chi connectivity index (χ1) is 15.8. The molecule has 9 heteroatoms. The van der Waals surface area contributed by atoms with Crippen LogP contribution in [0.1, 0.15) is 29.6 Å². The van der Waals surface area contributed by atoms with Gasteiger partial charge in [0.25, 0.3) is 5.56 Å². The Morgan fingerprint density at radius 1 is 1.30 bits per heavy atom. The standard InChI is InChI=1S/C24H30N4O4S/c1-14-6-8-16-19(10-14)33-23-22(16)24(30)28(20(26-23)12-27(2)3)13-21(29)25-17-9-7-15(31-4)11-18(17)32-5/h7,9,11,14H,6,8,10,12-13H2,1-5H3,(H,25,29). The average Bonchev–Trinajstić information content (AvgIpc) is 3.13. The largest absolute Gasteiger partial charge is 0.497 e. The molecule has 0 saturated carbocycles. The van der Waals surface area contributed by atoms with Crippen LogP contribution in [0.25, 0.3) is 10.2 Å². The van der Waals surface area contributed by atoms with Crippen molar-refractivity contribution in [3.05, 3.63) is 44.8 Å². The molecule has 0 aliphatic heterocycles. The number of rotatable bonds is 7. The normalized spacial score (nSPS) is 15.5. The molecule has 1 unspecified atom stereocenters. The molecular formula is C24H30N4O4S. The van der Waals surface area contributed by atoms with Gasteiger partial charge in [-0.2, -0.15) is 0 Å². The summed E-state index contributed by atoms with van der Waals surface area (Å²) in [4.78, 5) is 35.5. The second-order valence-electron chi connectivity index (χ2n) is 8.80. The van der Waals surface area contributed by atoms with Crippen molar-refractivity contribution in [1.82, 2.24) is 14.5 Å². The molecule has 0 saturated heterocycles. The van der Waals surface area contributed by atoms with E-state index >= 15 is 0 Å².